The fourth-order valence-electron chi connectivity index (χ4n) is 2.59. The van der Waals surface area contributed by atoms with Crippen LogP contribution in [0.15, 0.2) is 0 Å². The lowest BCUT2D eigenvalue weighted by atomic mass is 9.88. The minimum absolute atomic E-state index is 0.0496. The van der Waals surface area contributed by atoms with E-state index in [1.807, 2.05) is 55.5 Å². The fourth-order valence-corrected chi connectivity index (χ4v) is 2.59. The van der Waals surface area contributed by atoms with Crippen molar-refractivity contribution in [3.8, 4) is 0 Å². The van der Waals surface area contributed by atoms with E-state index in [0.717, 1.165) is 32.5 Å². The summed E-state index contributed by atoms with van der Waals surface area (Å²) in [6.45, 7) is 24.3. The molecule has 31 heavy (non-hydrogen) atoms. The smallest absolute Gasteiger partial charge is 0.323 e. The van der Waals surface area contributed by atoms with Crippen molar-refractivity contribution in [3.05, 3.63) is 0 Å². The number of hydrogen-bond acceptors (Lipinski definition) is 6. The van der Waals surface area contributed by atoms with Crippen molar-refractivity contribution in [1.29, 1.82) is 0 Å². The fraction of sp³-hybridized carbons (Fsp3) is 0.960. The van der Waals surface area contributed by atoms with Crippen LogP contribution in [0.2, 0.25) is 0 Å². The summed E-state index contributed by atoms with van der Waals surface area (Å²) in [5, 5.41) is 7.94. The number of nitrogens with zero attached hydrogens (tertiary/aromatic N) is 2. The first kappa shape index (κ1) is 40.6. The predicted octanol–water partition coefficient (Wildman–Crippen LogP) is 5.33. The van der Waals surface area contributed by atoms with Gasteiger partial charge in [0.05, 0.1) is 19.8 Å². The SMILES string of the molecule is CC.CC.CC.CCC.CCOC(=O)C(C1CCN(C)CC1)N(C)CC.COCCO. The quantitative estimate of drug-likeness (QED) is 0.527. The molecule has 0 bridgehead atoms. The monoisotopic (exact) mass is 452 g/mol. The molecule has 1 unspecified atom stereocenters. The summed E-state index contributed by atoms with van der Waals surface area (Å²) in [7, 11) is 5.70. The van der Waals surface area contributed by atoms with E-state index >= 15 is 0 Å². The Morgan fingerprint density at radius 1 is 1.03 bits per heavy atom. The van der Waals surface area contributed by atoms with E-state index in [-0.39, 0.29) is 18.6 Å². The number of methoxy groups -OCH3 is 1. The highest BCUT2D eigenvalue weighted by molar-refractivity contribution is 5.76. The summed E-state index contributed by atoms with van der Waals surface area (Å²) in [4.78, 5) is 16.5. The molecule has 0 saturated carbocycles. The second kappa shape index (κ2) is 36.7. The van der Waals surface area contributed by atoms with Crippen molar-refractivity contribution in [2.75, 3.05) is 60.7 Å². The number of likely N-dealkylation sites (tertiary alicyclic amines) is 1. The van der Waals surface area contributed by atoms with Crippen molar-refractivity contribution in [2.24, 2.45) is 5.92 Å². The number of aliphatic hydroxyl groups excluding tert-OH is 1. The van der Waals surface area contributed by atoms with Crippen molar-refractivity contribution < 1.29 is 19.4 Å². The van der Waals surface area contributed by atoms with Crippen LogP contribution >= 0.6 is 0 Å². The molecule has 1 N–H and O–H groups in total. The van der Waals surface area contributed by atoms with Gasteiger partial charge in [0.15, 0.2) is 0 Å². The number of rotatable bonds is 7. The van der Waals surface area contributed by atoms with Crippen LogP contribution in [-0.2, 0) is 14.3 Å². The lowest BCUT2D eigenvalue weighted by Gasteiger charge is -2.37. The normalized spacial score (nSPS) is 13.8. The molecule has 1 saturated heterocycles. The first-order valence-corrected chi connectivity index (χ1v) is 12.6. The van der Waals surface area contributed by atoms with Crippen LogP contribution < -0.4 is 0 Å². The zero-order valence-corrected chi connectivity index (χ0v) is 23.6. The molecule has 0 radical (unpaired) electrons. The Balaban J connectivity index is -0.000000134. The number of piperidine rings is 1. The number of likely N-dealkylation sites (N-methyl/N-ethyl adjacent to an activating group) is 1. The van der Waals surface area contributed by atoms with E-state index in [9.17, 15) is 4.79 Å². The third-order valence-electron chi connectivity index (χ3n) is 4.01. The van der Waals surface area contributed by atoms with Gasteiger partial charge in [0, 0.05) is 7.11 Å². The number of hydrogen-bond donors (Lipinski definition) is 1. The number of esters is 1. The predicted molar refractivity (Wildman–Crippen MR) is 138 cm³/mol. The molecule has 6 heteroatoms. The highest BCUT2D eigenvalue weighted by Gasteiger charge is 2.34. The molecule has 1 aliphatic rings. The maximum atomic E-state index is 12.0. The van der Waals surface area contributed by atoms with E-state index < -0.39 is 0 Å². The lowest BCUT2D eigenvalue weighted by Crippen LogP contribution is -2.48. The summed E-state index contributed by atoms with van der Waals surface area (Å²) in [5.74, 6) is 0.390. The van der Waals surface area contributed by atoms with Crippen molar-refractivity contribution >= 4 is 5.97 Å². The first-order valence-electron chi connectivity index (χ1n) is 12.6. The maximum absolute atomic E-state index is 12.0. The molecule has 1 aliphatic heterocycles. The molecule has 1 fully saturated rings. The highest BCUT2D eigenvalue weighted by Crippen LogP contribution is 2.23. The van der Waals surface area contributed by atoms with E-state index in [2.05, 4.69) is 42.4 Å². The van der Waals surface area contributed by atoms with Crippen molar-refractivity contribution in [3.63, 3.8) is 0 Å². The van der Waals surface area contributed by atoms with Gasteiger partial charge in [-0.1, -0.05) is 68.7 Å². The van der Waals surface area contributed by atoms with Crippen molar-refractivity contribution in [2.45, 2.75) is 94.5 Å². The number of aliphatic hydroxyl groups is 1. The average Bonchev–Trinajstić information content (AvgIpc) is 2.81. The molecular formula is C25H60N2O4. The minimum atomic E-state index is -0.0614. The Morgan fingerprint density at radius 3 is 1.71 bits per heavy atom. The third kappa shape index (κ3) is 27.3. The summed E-state index contributed by atoms with van der Waals surface area (Å²) >= 11 is 0. The summed E-state index contributed by atoms with van der Waals surface area (Å²) in [5.41, 5.74) is 0. The van der Waals surface area contributed by atoms with E-state index in [1.165, 1.54) is 6.42 Å². The van der Waals surface area contributed by atoms with Gasteiger partial charge < -0.3 is 19.5 Å². The Bertz CT molecular complexity index is 295. The van der Waals surface area contributed by atoms with Crippen LogP contribution in [0.25, 0.3) is 0 Å². The van der Waals surface area contributed by atoms with Gasteiger partial charge in [-0.25, -0.2) is 0 Å². The third-order valence-corrected chi connectivity index (χ3v) is 4.01. The van der Waals surface area contributed by atoms with Gasteiger partial charge in [0.1, 0.15) is 6.04 Å². The van der Waals surface area contributed by atoms with Crippen LogP contribution in [0.1, 0.15) is 88.5 Å². The summed E-state index contributed by atoms with van der Waals surface area (Å²) < 4.78 is 9.65. The Kier molecular flexibility index (Phi) is 48.1. The summed E-state index contributed by atoms with van der Waals surface area (Å²) in [6, 6.07) is -0.0614. The molecule has 0 aliphatic carbocycles. The standard InChI is InChI=1S/C13H26N2O2.C3H8O2.C3H8.3C2H6/c1-5-15(4)12(13(16)17-6-2)11-7-9-14(3)10-8-11;1-5-3-2-4;1-3-2;3*1-2/h11-12H,5-10H2,1-4H3;4H,2-3H2,1H3;3H2,1-2H3;3*1-2H3. The van der Waals surface area contributed by atoms with Crippen molar-refractivity contribution in [1.82, 2.24) is 9.80 Å². The molecule has 0 aromatic rings. The number of carbonyl (C=O) groups excluding carboxylic acids is 1. The Hall–Kier alpha value is -0.690. The molecule has 0 amide bonds. The Morgan fingerprint density at radius 2 is 1.45 bits per heavy atom. The molecule has 1 heterocycles. The zero-order valence-electron chi connectivity index (χ0n) is 23.6. The molecule has 0 spiro atoms. The molecular weight excluding hydrogens is 392 g/mol. The topological polar surface area (TPSA) is 62.2 Å². The molecule has 1 rings (SSSR count). The van der Waals surface area contributed by atoms with Gasteiger partial charge in [0.25, 0.3) is 0 Å². The van der Waals surface area contributed by atoms with Gasteiger partial charge in [-0.15, -0.1) is 0 Å². The second-order valence-electron chi connectivity index (χ2n) is 6.33. The highest BCUT2D eigenvalue weighted by atomic mass is 16.5. The van der Waals surface area contributed by atoms with Gasteiger partial charge >= 0.3 is 5.97 Å². The van der Waals surface area contributed by atoms with Crippen LogP contribution in [0.4, 0.5) is 0 Å². The molecule has 0 aromatic carbocycles. The van der Waals surface area contributed by atoms with Crippen LogP contribution in [0, 0.1) is 5.92 Å². The molecule has 0 aromatic heterocycles. The second-order valence-corrected chi connectivity index (χ2v) is 6.33. The largest absolute Gasteiger partial charge is 0.465 e. The van der Waals surface area contributed by atoms with Crippen LogP contribution in [0.3, 0.4) is 0 Å². The maximum Gasteiger partial charge on any atom is 0.323 e. The summed E-state index contributed by atoms with van der Waals surface area (Å²) in [6.07, 6.45) is 3.43. The molecule has 194 valence electrons. The zero-order chi connectivity index (χ0) is 25.7. The lowest BCUT2D eigenvalue weighted by molar-refractivity contribution is -0.151. The molecule has 1 atom stereocenters. The minimum Gasteiger partial charge on any atom is -0.465 e. The van der Waals surface area contributed by atoms with E-state index in [1.54, 1.807) is 7.11 Å². The van der Waals surface area contributed by atoms with E-state index in [0.29, 0.717) is 19.1 Å². The number of ether oxygens (including phenoxy) is 2. The number of carbonyl (C=O) groups is 1. The van der Waals surface area contributed by atoms with Gasteiger partial charge in [-0.05, 0) is 59.4 Å². The van der Waals surface area contributed by atoms with Gasteiger partial charge in [-0.3, -0.25) is 9.69 Å². The van der Waals surface area contributed by atoms with Crippen LogP contribution in [0.5, 0.6) is 0 Å². The van der Waals surface area contributed by atoms with E-state index in [4.69, 9.17) is 9.84 Å². The van der Waals surface area contributed by atoms with Gasteiger partial charge in [0.2, 0.25) is 0 Å². The van der Waals surface area contributed by atoms with Crippen LogP contribution in [-0.4, -0.2) is 87.6 Å². The molecule has 6 nitrogen and oxygen atoms in total. The first-order chi connectivity index (χ1) is 14.9. The Labute approximate surface area is 196 Å². The average molecular weight is 453 g/mol. The van der Waals surface area contributed by atoms with Gasteiger partial charge in [-0.2, -0.15) is 0 Å².